The number of fused-ring (bicyclic) bond motifs is 1. The van der Waals surface area contributed by atoms with Gasteiger partial charge in [0.25, 0.3) is 5.91 Å². The number of aromatic nitrogens is 1. The van der Waals surface area contributed by atoms with Gasteiger partial charge in [-0.1, -0.05) is 48.5 Å². The predicted molar refractivity (Wildman–Crippen MR) is 136 cm³/mol. The zero-order valence-electron chi connectivity index (χ0n) is 18.4. The third kappa shape index (κ3) is 4.25. The maximum absolute atomic E-state index is 13.0. The number of hydrogen-bond acceptors (Lipinski definition) is 4. The Morgan fingerprint density at radius 3 is 2.44 bits per heavy atom. The molecule has 1 amide bonds. The number of nitrogens with zero attached hydrogens (tertiary/aromatic N) is 3. The highest BCUT2D eigenvalue weighted by Gasteiger charge is 2.30. The van der Waals surface area contributed by atoms with Crippen molar-refractivity contribution in [2.75, 3.05) is 7.05 Å². The maximum Gasteiger partial charge on any atom is 0.335 e. The first-order valence-corrected chi connectivity index (χ1v) is 11.5. The molecular formula is C27H21N3O3S. The number of carboxylic acid groups (broad SMARTS) is 1. The number of para-hydroxylation sites is 1. The van der Waals surface area contributed by atoms with Gasteiger partial charge in [-0.05, 0) is 53.7 Å². The van der Waals surface area contributed by atoms with Crippen molar-refractivity contribution in [3.05, 3.63) is 107 Å². The van der Waals surface area contributed by atoms with E-state index in [0.717, 1.165) is 23.0 Å². The zero-order chi connectivity index (χ0) is 23.7. The molecule has 0 atom stereocenters. The summed E-state index contributed by atoms with van der Waals surface area (Å²) in [6, 6.07) is 24.7. The summed E-state index contributed by atoms with van der Waals surface area (Å²) in [4.78, 5) is 30.7. The van der Waals surface area contributed by atoms with Crippen LogP contribution in [0.5, 0.6) is 0 Å². The number of aromatic carboxylic acids is 1. The van der Waals surface area contributed by atoms with Gasteiger partial charge in [0.15, 0.2) is 5.17 Å². The summed E-state index contributed by atoms with van der Waals surface area (Å²) in [6.07, 6.45) is 4.00. The largest absolute Gasteiger partial charge is 0.478 e. The molecule has 34 heavy (non-hydrogen) atoms. The summed E-state index contributed by atoms with van der Waals surface area (Å²) in [6.45, 7) is 0.741. The van der Waals surface area contributed by atoms with Gasteiger partial charge in [-0.3, -0.25) is 9.69 Å². The van der Waals surface area contributed by atoms with Gasteiger partial charge >= 0.3 is 5.97 Å². The summed E-state index contributed by atoms with van der Waals surface area (Å²) < 4.78 is 2.20. The number of aliphatic imine (C=N–C) groups is 1. The SMILES string of the molecule is CN1C(=O)C(=Cc2cn(Cc3ccccc3)c3ccccc23)SC1=Nc1ccc(C(=O)O)cc1. The molecule has 0 bridgehead atoms. The fourth-order valence-corrected chi connectivity index (χ4v) is 4.86. The lowest BCUT2D eigenvalue weighted by atomic mass is 10.1. The van der Waals surface area contributed by atoms with Crippen molar-refractivity contribution in [1.82, 2.24) is 9.47 Å². The van der Waals surface area contributed by atoms with Crippen molar-refractivity contribution in [3.63, 3.8) is 0 Å². The second-order valence-corrected chi connectivity index (χ2v) is 8.95. The number of thioether (sulfide) groups is 1. The number of likely N-dealkylation sites (N-methyl/N-ethyl adjacent to an activating group) is 1. The van der Waals surface area contributed by atoms with Gasteiger partial charge in [0, 0.05) is 36.3 Å². The lowest BCUT2D eigenvalue weighted by molar-refractivity contribution is -0.121. The Kier molecular flexibility index (Phi) is 5.77. The average Bonchev–Trinajstić information content (AvgIpc) is 3.32. The highest BCUT2D eigenvalue weighted by Crippen LogP contribution is 2.35. The second kappa shape index (κ2) is 9.03. The maximum atomic E-state index is 13.0. The van der Waals surface area contributed by atoms with E-state index in [0.29, 0.717) is 15.8 Å². The summed E-state index contributed by atoms with van der Waals surface area (Å²) >= 11 is 1.31. The molecule has 6 nitrogen and oxygen atoms in total. The van der Waals surface area contributed by atoms with Crippen molar-refractivity contribution >= 4 is 51.5 Å². The van der Waals surface area contributed by atoms with E-state index in [2.05, 4.69) is 40.0 Å². The van der Waals surface area contributed by atoms with Crippen LogP contribution in [0, 0.1) is 0 Å². The Hall–Kier alpha value is -4.10. The molecule has 0 saturated carbocycles. The van der Waals surface area contributed by atoms with Crippen LogP contribution in [-0.4, -0.2) is 38.7 Å². The molecule has 1 aromatic heterocycles. The molecule has 2 heterocycles. The van der Waals surface area contributed by atoms with Crippen molar-refractivity contribution < 1.29 is 14.7 Å². The van der Waals surface area contributed by atoms with Gasteiger partial charge in [0.2, 0.25) is 0 Å². The molecule has 7 heteroatoms. The van der Waals surface area contributed by atoms with Crippen molar-refractivity contribution in [3.8, 4) is 0 Å². The fraction of sp³-hybridized carbons (Fsp3) is 0.0741. The molecule has 168 valence electrons. The Morgan fingerprint density at radius 1 is 1.00 bits per heavy atom. The van der Waals surface area contributed by atoms with Gasteiger partial charge in [-0.15, -0.1) is 0 Å². The van der Waals surface area contributed by atoms with E-state index >= 15 is 0 Å². The van der Waals surface area contributed by atoms with E-state index in [9.17, 15) is 9.59 Å². The fourth-order valence-electron chi connectivity index (χ4n) is 3.88. The van der Waals surface area contributed by atoms with Gasteiger partial charge in [0.1, 0.15) is 0 Å². The molecule has 3 aromatic carbocycles. The van der Waals surface area contributed by atoms with Crippen molar-refractivity contribution in [2.45, 2.75) is 6.54 Å². The van der Waals surface area contributed by atoms with Crippen LogP contribution in [0.15, 0.2) is 95.0 Å². The third-order valence-electron chi connectivity index (χ3n) is 5.64. The van der Waals surface area contributed by atoms with Crippen LogP contribution in [0.25, 0.3) is 17.0 Å². The van der Waals surface area contributed by atoms with Crippen LogP contribution in [0.4, 0.5) is 5.69 Å². The summed E-state index contributed by atoms with van der Waals surface area (Å²) in [5.74, 6) is -1.11. The van der Waals surface area contributed by atoms with Crippen molar-refractivity contribution in [2.24, 2.45) is 4.99 Å². The van der Waals surface area contributed by atoms with Crippen LogP contribution in [-0.2, 0) is 11.3 Å². The number of carbonyl (C=O) groups is 2. The summed E-state index contributed by atoms with van der Waals surface area (Å²) in [5.41, 5.74) is 4.07. The number of carboxylic acids is 1. The van der Waals surface area contributed by atoms with Crippen LogP contribution in [0.3, 0.4) is 0 Å². The lowest BCUT2D eigenvalue weighted by Crippen LogP contribution is -2.23. The number of amides is 1. The zero-order valence-corrected chi connectivity index (χ0v) is 19.2. The summed E-state index contributed by atoms with van der Waals surface area (Å²) in [5, 5.41) is 10.7. The minimum absolute atomic E-state index is 0.120. The standard InChI is InChI=1S/C27H21N3O3S/c1-29-25(31)24(34-27(29)28-21-13-11-19(12-14-21)26(32)33)15-20-17-30(16-18-7-3-2-4-8-18)23-10-6-5-9-22(20)23/h2-15,17H,16H2,1H3,(H,32,33). The molecule has 0 unspecified atom stereocenters. The summed E-state index contributed by atoms with van der Waals surface area (Å²) in [7, 11) is 1.69. The normalized spacial score (nSPS) is 16.1. The predicted octanol–water partition coefficient (Wildman–Crippen LogP) is 5.62. The molecule has 4 aromatic rings. The molecule has 1 fully saturated rings. The van der Waals surface area contributed by atoms with Gasteiger partial charge in [-0.2, -0.15) is 0 Å². The number of carbonyl (C=O) groups excluding carboxylic acids is 1. The smallest absolute Gasteiger partial charge is 0.335 e. The highest BCUT2D eigenvalue weighted by molar-refractivity contribution is 8.18. The van der Waals surface area contributed by atoms with E-state index < -0.39 is 5.97 Å². The molecule has 1 aliphatic rings. The first kappa shape index (κ1) is 21.7. The number of rotatable bonds is 5. The van der Waals surface area contributed by atoms with E-state index in [1.807, 2.05) is 36.4 Å². The lowest BCUT2D eigenvalue weighted by Gasteiger charge is -2.07. The van der Waals surface area contributed by atoms with Crippen molar-refractivity contribution in [1.29, 1.82) is 0 Å². The van der Waals surface area contributed by atoms with Gasteiger partial charge in [0.05, 0.1) is 16.2 Å². The Bertz CT molecular complexity index is 1450. The van der Waals surface area contributed by atoms with Crippen LogP contribution >= 0.6 is 11.8 Å². The number of amidine groups is 1. The van der Waals surface area contributed by atoms with Crippen LogP contribution in [0.1, 0.15) is 21.5 Å². The highest BCUT2D eigenvalue weighted by atomic mass is 32.2. The monoisotopic (exact) mass is 467 g/mol. The Balaban J connectivity index is 1.47. The third-order valence-corrected chi connectivity index (χ3v) is 6.70. The molecule has 0 spiro atoms. The minimum atomic E-state index is -0.988. The number of benzene rings is 3. The van der Waals surface area contributed by atoms with Gasteiger partial charge < -0.3 is 9.67 Å². The van der Waals surface area contributed by atoms with Crippen LogP contribution in [0.2, 0.25) is 0 Å². The molecule has 1 N–H and O–H groups in total. The van der Waals surface area contributed by atoms with Gasteiger partial charge in [-0.25, -0.2) is 9.79 Å². The Morgan fingerprint density at radius 2 is 1.71 bits per heavy atom. The molecule has 1 saturated heterocycles. The topological polar surface area (TPSA) is 74.9 Å². The first-order valence-electron chi connectivity index (χ1n) is 10.7. The quantitative estimate of drug-likeness (QED) is 0.387. The molecule has 5 rings (SSSR count). The molecule has 0 aliphatic carbocycles. The first-order chi connectivity index (χ1) is 16.5. The van der Waals surface area contributed by atoms with E-state index in [-0.39, 0.29) is 11.5 Å². The van der Waals surface area contributed by atoms with E-state index in [4.69, 9.17) is 5.11 Å². The number of hydrogen-bond donors (Lipinski definition) is 1. The van der Waals surface area contributed by atoms with Crippen LogP contribution < -0.4 is 0 Å². The molecule has 1 aliphatic heterocycles. The Labute approximate surface area is 200 Å². The minimum Gasteiger partial charge on any atom is -0.478 e. The second-order valence-electron chi connectivity index (χ2n) is 7.94. The molecular weight excluding hydrogens is 446 g/mol. The van der Waals surface area contributed by atoms with E-state index in [1.165, 1.54) is 34.4 Å². The molecule has 0 radical (unpaired) electrons. The average molecular weight is 468 g/mol. The van der Waals surface area contributed by atoms with E-state index in [1.54, 1.807) is 19.2 Å².